The maximum Gasteiger partial charge on any atom is 0.220 e. The van der Waals surface area contributed by atoms with Gasteiger partial charge in [0.2, 0.25) is 5.91 Å². The number of unbranched alkanes of at least 4 members (excludes halogenated alkanes) is 3. The zero-order valence-corrected chi connectivity index (χ0v) is 11.2. The van der Waals surface area contributed by atoms with Gasteiger partial charge in [-0.2, -0.15) is 0 Å². The number of nitrogens with zero attached hydrogens (tertiary/aromatic N) is 1. The van der Waals surface area contributed by atoms with Crippen molar-refractivity contribution in [1.82, 2.24) is 10.2 Å². The van der Waals surface area contributed by atoms with Crippen LogP contribution in [0.3, 0.4) is 0 Å². The SMILES string of the molecule is CCCCCCC(=O)NCCN(CC)CC. The van der Waals surface area contributed by atoms with E-state index in [2.05, 4.69) is 31.0 Å². The molecule has 0 heterocycles. The topological polar surface area (TPSA) is 32.3 Å². The summed E-state index contributed by atoms with van der Waals surface area (Å²) >= 11 is 0. The van der Waals surface area contributed by atoms with Crippen molar-refractivity contribution in [2.45, 2.75) is 52.9 Å². The fraction of sp³-hybridized carbons (Fsp3) is 0.923. The Morgan fingerprint density at radius 3 is 2.31 bits per heavy atom. The Labute approximate surface area is 101 Å². The van der Waals surface area contributed by atoms with Crippen molar-refractivity contribution in [2.75, 3.05) is 26.2 Å². The molecular weight excluding hydrogens is 200 g/mol. The normalized spacial score (nSPS) is 10.8. The van der Waals surface area contributed by atoms with Crippen LogP contribution in [0.1, 0.15) is 52.9 Å². The van der Waals surface area contributed by atoms with E-state index in [1.54, 1.807) is 0 Å². The summed E-state index contributed by atoms with van der Waals surface area (Å²) in [6, 6.07) is 0. The first-order valence-electron chi connectivity index (χ1n) is 6.73. The number of hydrogen-bond acceptors (Lipinski definition) is 2. The number of carbonyl (C=O) groups is 1. The summed E-state index contributed by atoms with van der Waals surface area (Å²) in [5, 5.41) is 2.98. The van der Waals surface area contributed by atoms with Gasteiger partial charge in [-0.3, -0.25) is 4.79 Å². The van der Waals surface area contributed by atoms with Crippen LogP contribution in [0.4, 0.5) is 0 Å². The summed E-state index contributed by atoms with van der Waals surface area (Å²) < 4.78 is 0. The molecule has 0 aromatic carbocycles. The lowest BCUT2D eigenvalue weighted by molar-refractivity contribution is -0.121. The third-order valence-electron chi connectivity index (χ3n) is 2.90. The summed E-state index contributed by atoms with van der Waals surface area (Å²) in [6.07, 6.45) is 5.37. The minimum absolute atomic E-state index is 0.211. The van der Waals surface area contributed by atoms with Crippen molar-refractivity contribution >= 4 is 5.91 Å². The summed E-state index contributed by atoms with van der Waals surface area (Å²) in [5.41, 5.74) is 0. The molecule has 0 saturated carbocycles. The van der Waals surface area contributed by atoms with Gasteiger partial charge in [0.15, 0.2) is 0 Å². The molecule has 0 atom stereocenters. The minimum Gasteiger partial charge on any atom is -0.355 e. The van der Waals surface area contributed by atoms with E-state index in [9.17, 15) is 4.79 Å². The molecule has 0 spiro atoms. The van der Waals surface area contributed by atoms with E-state index in [1.807, 2.05) is 0 Å². The molecule has 0 fully saturated rings. The average Bonchev–Trinajstić information content (AvgIpc) is 2.30. The van der Waals surface area contributed by atoms with E-state index in [4.69, 9.17) is 0 Å². The highest BCUT2D eigenvalue weighted by atomic mass is 16.1. The number of nitrogens with one attached hydrogen (secondary N) is 1. The van der Waals surface area contributed by atoms with Gasteiger partial charge in [-0.25, -0.2) is 0 Å². The molecule has 16 heavy (non-hydrogen) atoms. The Hall–Kier alpha value is -0.570. The number of amides is 1. The van der Waals surface area contributed by atoms with E-state index < -0.39 is 0 Å². The molecule has 0 aliphatic heterocycles. The van der Waals surface area contributed by atoms with Gasteiger partial charge in [0.1, 0.15) is 0 Å². The number of carbonyl (C=O) groups excluding carboxylic acids is 1. The highest BCUT2D eigenvalue weighted by Crippen LogP contribution is 2.01. The van der Waals surface area contributed by atoms with Crippen molar-refractivity contribution in [3.8, 4) is 0 Å². The zero-order valence-electron chi connectivity index (χ0n) is 11.2. The molecule has 0 aromatic rings. The quantitative estimate of drug-likeness (QED) is 0.582. The van der Waals surface area contributed by atoms with Crippen LogP contribution in [0, 0.1) is 0 Å². The lowest BCUT2D eigenvalue weighted by Crippen LogP contribution is -2.34. The first kappa shape index (κ1) is 15.4. The van der Waals surface area contributed by atoms with E-state index in [0.717, 1.165) is 32.6 Å². The molecule has 0 aromatic heterocycles. The molecule has 3 nitrogen and oxygen atoms in total. The van der Waals surface area contributed by atoms with Gasteiger partial charge in [-0.1, -0.05) is 40.0 Å². The Balaban J connectivity index is 3.36. The molecule has 0 rings (SSSR count). The smallest absolute Gasteiger partial charge is 0.220 e. The fourth-order valence-electron chi connectivity index (χ4n) is 1.69. The second-order valence-electron chi connectivity index (χ2n) is 4.19. The molecule has 0 bridgehead atoms. The first-order chi connectivity index (χ1) is 7.74. The Morgan fingerprint density at radius 2 is 1.75 bits per heavy atom. The molecule has 0 aliphatic rings. The van der Waals surface area contributed by atoms with Gasteiger partial charge in [0, 0.05) is 19.5 Å². The average molecular weight is 228 g/mol. The first-order valence-corrected chi connectivity index (χ1v) is 6.73. The Kier molecular flexibility index (Phi) is 10.5. The Morgan fingerprint density at radius 1 is 1.06 bits per heavy atom. The summed E-state index contributed by atoms with van der Waals surface area (Å²) in [4.78, 5) is 13.8. The summed E-state index contributed by atoms with van der Waals surface area (Å²) in [7, 11) is 0. The maximum atomic E-state index is 11.4. The highest BCUT2D eigenvalue weighted by Gasteiger charge is 2.02. The van der Waals surface area contributed by atoms with Crippen LogP contribution < -0.4 is 5.32 Å². The lowest BCUT2D eigenvalue weighted by Gasteiger charge is -2.17. The molecule has 0 unspecified atom stereocenters. The second kappa shape index (κ2) is 10.9. The largest absolute Gasteiger partial charge is 0.355 e. The van der Waals surface area contributed by atoms with Crippen LogP contribution in [-0.2, 0) is 4.79 Å². The third-order valence-corrected chi connectivity index (χ3v) is 2.90. The van der Waals surface area contributed by atoms with Crippen LogP contribution in [0.25, 0.3) is 0 Å². The van der Waals surface area contributed by atoms with Gasteiger partial charge in [-0.05, 0) is 19.5 Å². The predicted molar refractivity (Wildman–Crippen MR) is 69.6 cm³/mol. The van der Waals surface area contributed by atoms with Gasteiger partial charge >= 0.3 is 0 Å². The van der Waals surface area contributed by atoms with E-state index >= 15 is 0 Å². The number of likely N-dealkylation sites (N-methyl/N-ethyl adjacent to an activating group) is 1. The summed E-state index contributed by atoms with van der Waals surface area (Å²) in [6.45, 7) is 10.4. The van der Waals surface area contributed by atoms with E-state index in [1.165, 1.54) is 19.3 Å². The van der Waals surface area contributed by atoms with E-state index in [0.29, 0.717) is 6.42 Å². The van der Waals surface area contributed by atoms with Gasteiger partial charge < -0.3 is 10.2 Å². The molecule has 96 valence electrons. The minimum atomic E-state index is 0.211. The monoisotopic (exact) mass is 228 g/mol. The van der Waals surface area contributed by atoms with Gasteiger partial charge in [-0.15, -0.1) is 0 Å². The zero-order chi connectivity index (χ0) is 12.2. The second-order valence-corrected chi connectivity index (χ2v) is 4.19. The maximum absolute atomic E-state index is 11.4. The van der Waals surface area contributed by atoms with Crippen LogP contribution >= 0.6 is 0 Å². The molecule has 0 aliphatic carbocycles. The Bertz CT molecular complexity index is 167. The van der Waals surface area contributed by atoms with Crippen LogP contribution in [0.5, 0.6) is 0 Å². The molecule has 1 N–H and O–H groups in total. The van der Waals surface area contributed by atoms with Crippen molar-refractivity contribution in [3.63, 3.8) is 0 Å². The number of rotatable bonds is 10. The third kappa shape index (κ3) is 8.72. The van der Waals surface area contributed by atoms with Gasteiger partial charge in [0.25, 0.3) is 0 Å². The highest BCUT2D eigenvalue weighted by molar-refractivity contribution is 5.75. The van der Waals surface area contributed by atoms with Crippen molar-refractivity contribution in [3.05, 3.63) is 0 Å². The van der Waals surface area contributed by atoms with E-state index in [-0.39, 0.29) is 5.91 Å². The van der Waals surface area contributed by atoms with Crippen molar-refractivity contribution in [2.24, 2.45) is 0 Å². The molecule has 1 amide bonds. The molecule has 0 radical (unpaired) electrons. The molecule has 3 heteroatoms. The van der Waals surface area contributed by atoms with Crippen molar-refractivity contribution < 1.29 is 4.79 Å². The summed E-state index contributed by atoms with van der Waals surface area (Å²) in [5.74, 6) is 0.211. The van der Waals surface area contributed by atoms with Crippen LogP contribution in [0.15, 0.2) is 0 Å². The molecular formula is C13H28N2O. The van der Waals surface area contributed by atoms with Crippen LogP contribution in [0.2, 0.25) is 0 Å². The number of hydrogen-bond donors (Lipinski definition) is 1. The van der Waals surface area contributed by atoms with Crippen LogP contribution in [-0.4, -0.2) is 37.0 Å². The lowest BCUT2D eigenvalue weighted by atomic mass is 10.1. The van der Waals surface area contributed by atoms with Crippen molar-refractivity contribution in [1.29, 1.82) is 0 Å². The standard InChI is InChI=1S/C13H28N2O/c1-4-7-8-9-10-13(16)14-11-12-15(5-2)6-3/h4-12H2,1-3H3,(H,14,16). The fourth-order valence-corrected chi connectivity index (χ4v) is 1.69. The predicted octanol–water partition coefficient (Wildman–Crippen LogP) is 2.41. The molecule has 0 saturated heterocycles. The van der Waals surface area contributed by atoms with Gasteiger partial charge in [0.05, 0.1) is 0 Å².